The first-order chi connectivity index (χ1) is 14.9. The number of nitrogen functional groups attached to an aromatic ring is 1. The summed E-state index contributed by atoms with van der Waals surface area (Å²) >= 11 is 0. The Labute approximate surface area is 174 Å². The first kappa shape index (κ1) is 19.8. The highest BCUT2D eigenvalue weighted by atomic mass is 19.3. The molecular weight excluding hydrogens is 420 g/mol. The van der Waals surface area contributed by atoms with Crippen molar-refractivity contribution < 1.29 is 27.0 Å². The van der Waals surface area contributed by atoms with E-state index in [2.05, 4.69) is 24.6 Å². The van der Waals surface area contributed by atoms with Gasteiger partial charge in [-0.2, -0.15) is 13.8 Å². The van der Waals surface area contributed by atoms with Crippen molar-refractivity contribution in [3.63, 3.8) is 0 Å². The van der Waals surface area contributed by atoms with E-state index in [0.29, 0.717) is 30.2 Å². The summed E-state index contributed by atoms with van der Waals surface area (Å²) in [6, 6.07) is 3.11. The van der Waals surface area contributed by atoms with E-state index >= 15 is 0 Å². The lowest BCUT2D eigenvalue weighted by atomic mass is 10.2. The molecule has 3 aliphatic heterocycles. The van der Waals surface area contributed by atoms with E-state index in [-0.39, 0.29) is 42.8 Å². The molecule has 164 valence electrons. The summed E-state index contributed by atoms with van der Waals surface area (Å²) in [5.41, 5.74) is 6.31. The fourth-order valence-electron chi connectivity index (χ4n) is 4.03. The van der Waals surface area contributed by atoms with Crippen LogP contribution in [0.15, 0.2) is 30.0 Å². The number of hydrogen-bond acceptors (Lipinski definition) is 8. The van der Waals surface area contributed by atoms with E-state index in [1.165, 1.54) is 17.2 Å². The lowest BCUT2D eigenvalue weighted by molar-refractivity contribution is -0.0494. The molecule has 2 N–H and O–H groups in total. The van der Waals surface area contributed by atoms with E-state index in [0.717, 1.165) is 6.42 Å². The normalized spacial score (nSPS) is 22.9. The zero-order chi connectivity index (χ0) is 21.7. The molecule has 2 aromatic rings. The van der Waals surface area contributed by atoms with Gasteiger partial charge in [0.25, 0.3) is 0 Å². The number of aromatic nitrogens is 3. The maximum Gasteiger partial charge on any atom is 0.387 e. The fraction of sp³-hybridized carbons (Fsp3) is 0.421. The Bertz CT molecular complexity index is 1040. The summed E-state index contributed by atoms with van der Waals surface area (Å²) in [5, 5.41) is 0. The van der Waals surface area contributed by atoms with E-state index in [9.17, 15) is 17.6 Å². The largest absolute Gasteiger partial charge is 0.431 e. The van der Waals surface area contributed by atoms with Crippen LogP contribution in [-0.4, -0.2) is 60.0 Å². The molecular formula is C19H18F4N6O2. The third-order valence-corrected chi connectivity index (χ3v) is 5.53. The molecule has 3 aliphatic rings. The van der Waals surface area contributed by atoms with Crippen LogP contribution in [0, 0.1) is 0 Å². The number of anilines is 3. The SMILES string of the molecule is Nc1ncc(-c2cc(N3C[C@@H]4C[C@H]3CO4)nc(N3CC(F)=C(F)C3)n2)cc1OC(F)F. The molecule has 0 spiro atoms. The van der Waals surface area contributed by atoms with Gasteiger partial charge in [0, 0.05) is 24.4 Å². The first-order valence-electron chi connectivity index (χ1n) is 9.63. The van der Waals surface area contributed by atoms with Crippen LogP contribution in [0.1, 0.15) is 6.42 Å². The Hall–Kier alpha value is -3.15. The van der Waals surface area contributed by atoms with Gasteiger partial charge in [-0.05, 0) is 12.5 Å². The molecule has 5 heterocycles. The Morgan fingerprint density at radius 2 is 1.94 bits per heavy atom. The summed E-state index contributed by atoms with van der Waals surface area (Å²) in [6.07, 6.45) is 2.32. The molecule has 0 unspecified atom stereocenters. The predicted octanol–water partition coefficient (Wildman–Crippen LogP) is 2.67. The van der Waals surface area contributed by atoms with Crippen LogP contribution in [0.3, 0.4) is 0 Å². The highest BCUT2D eigenvalue weighted by Crippen LogP contribution is 2.36. The Balaban J connectivity index is 1.55. The third-order valence-electron chi connectivity index (χ3n) is 5.53. The summed E-state index contributed by atoms with van der Waals surface area (Å²) < 4.78 is 62.8. The summed E-state index contributed by atoms with van der Waals surface area (Å²) in [5.74, 6) is -1.55. The summed E-state index contributed by atoms with van der Waals surface area (Å²) in [7, 11) is 0. The van der Waals surface area contributed by atoms with Crippen LogP contribution in [0.4, 0.5) is 35.1 Å². The number of pyridine rings is 1. The van der Waals surface area contributed by atoms with Gasteiger partial charge in [-0.3, -0.25) is 0 Å². The lowest BCUT2D eigenvalue weighted by Crippen LogP contribution is -2.38. The molecule has 12 heteroatoms. The Morgan fingerprint density at radius 1 is 1.16 bits per heavy atom. The topological polar surface area (TPSA) is 89.6 Å². The maximum absolute atomic E-state index is 13.7. The van der Waals surface area contributed by atoms with Crippen molar-refractivity contribution >= 4 is 17.6 Å². The summed E-state index contributed by atoms with van der Waals surface area (Å²) in [4.78, 5) is 16.3. The average molecular weight is 438 g/mol. The average Bonchev–Trinajstić information content (AvgIpc) is 3.45. The first-order valence-corrected chi connectivity index (χ1v) is 9.63. The van der Waals surface area contributed by atoms with Crippen molar-refractivity contribution in [3.05, 3.63) is 30.0 Å². The van der Waals surface area contributed by atoms with Crippen molar-refractivity contribution in [2.24, 2.45) is 0 Å². The molecule has 2 saturated heterocycles. The molecule has 0 aromatic carbocycles. The second-order valence-electron chi connectivity index (χ2n) is 7.56. The lowest BCUT2D eigenvalue weighted by Gasteiger charge is -2.29. The van der Waals surface area contributed by atoms with Crippen molar-refractivity contribution in [1.82, 2.24) is 15.0 Å². The fourth-order valence-corrected chi connectivity index (χ4v) is 4.03. The minimum atomic E-state index is -3.07. The molecule has 2 aromatic heterocycles. The number of nitrogens with zero attached hydrogens (tertiary/aromatic N) is 5. The molecule has 0 amide bonds. The number of hydrogen-bond donors (Lipinski definition) is 1. The van der Waals surface area contributed by atoms with Gasteiger partial charge in [0.05, 0.1) is 37.5 Å². The number of fused-ring (bicyclic) bond motifs is 2. The van der Waals surface area contributed by atoms with E-state index in [1.807, 2.05) is 0 Å². The van der Waals surface area contributed by atoms with Gasteiger partial charge < -0.3 is 25.0 Å². The van der Waals surface area contributed by atoms with Crippen LogP contribution in [0.2, 0.25) is 0 Å². The molecule has 31 heavy (non-hydrogen) atoms. The number of rotatable bonds is 5. The summed E-state index contributed by atoms with van der Waals surface area (Å²) in [6.45, 7) is -2.46. The van der Waals surface area contributed by atoms with Gasteiger partial charge in [0.1, 0.15) is 5.82 Å². The number of morpholine rings is 1. The molecule has 2 fully saturated rings. The molecule has 2 atom stereocenters. The standard InChI is InChI=1S/C19H18F4N6O2/c20-12-6-28(7-13(12)21)19-26-14(9-1-15(31-18(22)23)17(24)25-4-9)3-16(27-19)29-5-11-2-10(29)8-30-11/h1,3-4,10-11,18H,2,5-8H2,(H2,24,25)/t10-,11-/m0/s1. The zero-order valence-corrected chi connectivity index (χ0v) is 16.1. The van der Waals surface area contributed by atoms with Gasteiger partial charge in [0.15, 0.2) is 23.2 Å². The van der Waals surface area contributed by atoms with Gasteiger partial charge in [-0.1, -0.05) is 0 Å². The molecule has 0 saturated carbocycles. The quantitative estimate of drug-likeness (QED) is 0.713. The third kappa shape index (κ3) is 3.71. The van der Waals surface area contributed by atoms with Crippen LogP contribution in [0.5, 0.6) is 5.75 Å². The number of halogens is 4. The van der Waals surface area contributed by atoms with E-state index in [4.69, 9.17) is 10.5 Å². The van der Waals surface area contributed by atoms with E-state index < -0.39 is 18.3 Å². The van der Waals surface area contributed by atoms with Crippen molar-refractivity contribution in [2.75, 3.05) is 41.8 Å². The Morgan fingerprint density at radius 3 is 2.58 bits per heavy atom. The second kappa shape index (κ2) is 7.52. The molecule has 0 aliphatic carbocycles. The molecule has 8 nitrogen and oxygen atoms in total. The van der Waals surface area contributed by atoms with Crippen LogP contribution in [-0.2, 0) is 4.74 Å². The van der Waals surface area contributed by atoms with Crippen molar-refractivity contribution in [2.45, 2.75) is 25.2 Å². The van der Waals surface area contributed by atoms with Gasteiger partial charge in [0.2, 0.25) is 5.95 Å². The van der Waals surface area contributed by atoms with Crippen LogP contribution < -0.4 is 20.3 Å². The highest BCUT2D eigenvalue weighted by molar-refractivity contribution is 5.68. The molecule has 0 radical (unpaired) electrons. The highest BCUT2D eigenvalue weighted by Gasteiger charge is 2.40. The zero-order valence-electron chi connectivity index (χ0n) is 16.1. The van der Waals surface area contributed by atoms with Gasteiger partial charge in [-0.15, -0.1) is 0 Å². The number of nitrogens with two attached hydrogens (primary N) is 1. The van der Waals surface area contributed by atoms with E-state index in [1.54, 1.807) is 6.07 Å². The van der Waals surface area contributed by atoms with Crippen LogP contribution >= 0.6 is 0 Å². The smallest absolute Gasteiger partial charge is 0.387 e. The van der Waals surface area contributed by atoms with Gasteiger partial charge in [-0.25, -0.2) is 18.7 Å². The van der Waals surface area contributed by atoms with Crippen molar-refractivity contribution in [3.8, 4) is 17.0 Å². The number of ether oxygens (including phenoxy) is 2. The van der Waals surface area contributed by atoms with Crippen LogP contribution in [0.25, 0.3) is 11.3 Å². The maximum atomic E-state index is 13.7. The van der Waals surface area contributed by atoms with Gasteiger partial charge >= 0.3 is 6.61 Å². The number of alkyl halides is 2. The Kier molecular flexibility index (Phi) is 4.80. The molecule has 5 rings (SSSR count). The minimum Gasteiger partial charge on any atom is -0.431 e. The molecule has 2 bridgehead atoms. The monoisotopic (exact) mass is 438 g/mol. The minimum absolute atomic E-state index is 0.0967. The second-order valence-corrected chi connectivity index (χ2v) is 7.56. The predicted molar refractivity (Wildman–Crippen MR) is 103 cm³/mol. The van der Waals surface area contributed by atoms with Crippen molar-refractivity contribution in [1.29, 1.82) is 0 Å².